The van der Waals surface area contributed by atoms with Gasteiger partial charge in [0.05, 0.1) is 12.6 Å². The molecule has 0 fully saturated rings. The van der Waals surface area contributed by atoms with Crippen molar-refractivity contribution in [2.24, 2.45) is 5.73 Å². The average molecular weight is 282 g/mol. The number of hydrogen-bond acceptors (Lipinski definition) is 5. The molecule has 0 aliphatic rings. The van der Waals surface area contributed by atoms with E-state index in [9.17, 15) is 13.2 Å². The molecule has 1 amide bonds. The summed E-state index contributed by atoms with van der Waals surface area (Å²) >= 11 is 0. The number of primary amides is 1. The third-order valence-electron chi connectivity index (χ3n) is 2.37. The number of carbonyl (C=O) groups excluding carboxylic acids is 1. The normalized spacial score (nSPS) is 11.2. The number of nitriles is 1. The van der Waals surface area contributed by atoms with Gasteiger partial charge in [-0.2, -0.15) is 9.57 Å². The number of hydrogen-bond donors (Lipinski definition) is 2. The van der Waals surface area contributed by atoms with Gasteiger partial charge in [-0.25, -0.2) is 8.42 Å². The van der Waals surface area contributed by atoms with Crippen LogP contribution in [0.15, 0.2) is 24.3 Å². The van der Waals surface area contributed by atoms with Crippen LogP contribution in [-0.4, -0.2) is 30.9 Å². The third kappa shape index (κ3) is 4.24. The number of nitrogen functional groups attached to an aromatic ring is 1. The summed E-state index contributed by atoms with van der Waals surface area (Å²) in [6.07, 6.45) is 0. The molecule has 0 aromatic heterocycles. The maximum absolute atomic E-state index is 11.8. The monoisotopic (exact) mass is 282 g/mol. The van der Waals surface area contributed by atoms with Crippen LogP contribution in [0.2, 0.25) is 0 Å². The molecule has 1 aromatic carbocycles. The van der Waals surface area contributed by atoms with Gasteiger partial charge in [0.2, 0.25) is 15.9 Å². The second kappa shape index (κ2) is 6.17. The summed E-state index contributed by atoms with van der Waals surface area (Å²) in [7, 11) is -3.87. The van der Waals surface area contributed by atoms with E-state index in [1.807, 2.05) is 0 Å². The molecule has 0 radical (unpaired) electrons. The Labute approximate surface area is 111 Å². The van der Waals surface area contributed by atoms with Crippen LogP contribution in [0.3, 0.4) is 0 Å². The van der Waals surface area contributed by atoms with Crippen LogP contribution in [0.1, 0.15) is 5.56 Å². The van der Waals surface area contributed by atoms with Crippen molar-refractivity contribution in [3.8, 4) is 6.07 Å². The summed E-state index contributed by atoms with van der Waals surface area (Å²) in [5.74, 6) is -1.51. The fourth-order valence-corrected chi connectivity index (χ4v) is 2.47. The van der Waals surface area contributed by atoms with Gasteiger partial charge in [0.15, 0.2) is 5.75 Å². The lowest BCUT2D eigenvalue weighted by atomic mass is 10.2. The second-order valence-electron chi connectivity index (χ2n) is 3.85. The average Bonchev–Trinajstić information content (AvgIpc) is 2.30. The molecule has 0 aliphatic carbocycles. The lowest BCUT2D eigenvalue weighted by Crippen LogP contribution is -2.39. The zero-order valence-electron chi connectivity index (χ0n) is 10.1. The van der Waals surface area contributed by atoms with E-state index in [0.717, 1.165) is 4.31 Å². The minimum atomic E-state index is -3.87. The van der Waals surface area contributed by atoms with Crippen molar-refractivity contribution in [1.82, 2.24) is 4.31 Å². The number of nitrogens with two attached hydrogens (primary N) is 2. The molecule has 1 aromatic rings. The molecule has 102 valence electrons. The van der Waals surface area contributed by atoms with E-state index in [1.54, 1.807) is 30.3 Å². The highest BCUT2D eigenvalue weighted by Gasteiger charge is 2.24. The highest BCUT2D eigenvalue weighted by molar-refractivity contribution is 7.89. The Bertz CT molecular complexity index is 607. The van der Waals surface area contributed by atoms with Crippen molar-refractivity contribution in [3.05, 3.63) is 29.8 Å². The Morgan fingerprint density at radius 3 is 2.53 bits per heavy atom. The van der Waals surface area contributed by atoms with Crippen LogP contribution < -0.4 is 11.5 Å². The molecule has 4 N–H and O–H groups in total. The summed E-state index contributed by atoms with van der Waals surface area (Å²) in [5, 5.41) is 8.51. The quantitative estimate of drug-likeness (QED) is 0.673. The van der Waals surface area contributed by atoms with Gasteiger partial charge < -0.3 is 11.5 Å². The first-order chi connectivity index (χ1) is 8.86. The minimum Gasteiger partial charge on any atom is -0.398 e. The number of sulfonamides is 1. The maximum Gasteiger partial charge on any atom is 0.232 e. The van der Waals surface area contributed by atoms with Gasteiger partial charge in [0.1, 0.15) is 0 Å². The first kappa shape index (κ1) is 14.9. The Kier molecular flexibility index (Phi) is 4.86. The standard InChI is InChI=1S/C11H14N4O3S/c12-5-6-19(17,18)15(8-11(14)16)7-9-3-1-2-4-10(9)13/h1-4H,6-8,13H2,(H2,14,16). The molecule has 7 nitrogen and oxygen atoms in total. The smallest absolute Gasteiger partial charge is 0.232 e. The molecule has 8 heteroatoms. The number of nitrogens with zero attached hydrogens (tertiary/aromatic N) is 2. The van der Waals surface area contributed by atoms with Crippen molar-refractivity contribution in [1.29, 1.82) is 5.26 Å². The van der Waals surface area contributed by atoms with Gasteiger partial charge in [-0.15, -0.1) is 0 Å². The van der Waals surface area contributed by atoms with E-state index in [2.05, 4.69) is 0 Å². The van der Waals surface area contributed by atoms with Crippen molar-refractivity contribution < 1.29 is 13.2 Å². The maximum atomic E-state index is 11.8. The third-order valence-corrected chi connectivity index (χ3v) is 3.91. The van der Waals surface area contributed by atoms with Gasteiger partial charge >= 0.3 is 0 Å². The summed E-state index contributed by atoms with van der Waals surface area (Å²) in [6.45, 7) is -0.585. The molecule has 0 spiro atoms. The molecule has 0 saturated heterocycles. The number of para-hydroxylation sites is 1. The Morgan fingerprint density at radius 1 is 1.37 bits per heavy atom. The Hall–Kier alpha value is -2.11. The minimum absolute atomic E-state index is 0.0976. The Balaban J connectivity index is 3.03. The van der Waals surface area contributed by atoms with Crippen LogP contribution in [0.25, 0.3) is 0 Å². The van der Waals surface area contributed by atoms with E-state index in [4.69, 9.17) is 16.7 Å². The van der Waals surface area contributed by atoms with Crippen molar-refractivity contribution in [2.75, 3.05) is 18.0 Å². The zero-order chi connectivity index (χ0) is 14.5. The molecule has 0 aliphatic heterocycles. The SMILES string of the molecule is N#CCS(=O)(=O)N(CC(N)=O)Cc1ccccc1N. The Morgan fingerprint density at radius 2 is 2.00 bits per heavy atom. The highest BCUT2D eigenvalue weighted by Crippen LogP contribution is 2.15. The van der Waals surface area contributed by atoms with E-state index in [-0.39, 0.29) is 6.54 Å². The molecule has 19 heavy (non-hydrogen) atoms. The van der Waals surface area contributed by atoms with Crippen LogP contribution in [0.4, 0.5) is 5.69 Å². The highest BCUT2D eigenvalue weighted by atomic mass is 32.2. The van der Waals surface area contributed by atoms with Gasteiger partial charge in [-0.3, -0.25) is 4.79 Å². The van der Waals surface area contributed by atoms with E-state index in [1.165, 1.54) is 0 Å². The molecule has 0 bridgehead atoms. The van der Waals surface area contributed by atoms with Crippen LogP contribution in [0.5, 0.6) is 0 Å². The second-order valence-corrected chi connectivity index (χ2v) is 5.82. The summed E-state index contributed by atoms with van der Waals surface area (Å²) in [5.41, 5.74) is 11.7. The van der Waals surface area contributed by atoms with Crippen molar-refractivity contribution >= 4 is 21.6 Å². The fourth-order valence-electron chi connectivity index (χ4n) is 1.47. The first-order valence-electron chi connectivity index (χ1n) is 5.33. The van der Waals surface area contributed by atoms with E-state index in [0.29, 0.717) is 11.3 Å². The molecule has 0 unspecified atom stereocenters. The predicted octanol–water partition coefficient (Wildman–Crippen LogP) is -0.591. The van der Waals surface area contributed by atoms with Gasteiger partial charge in [-0.1, -0.05) is 18.2 Å². The lowest BCUT2D eigenvalue weighted by Gasteiger charge is -2.20. The summed E-state index contributed by atoms with van der Waals surface area (Å²) < 4.78 is 24.5. The van der Waals surface area contributed by atoms with Gasteiger partial charge in [0, 0.05) is 12.2 Å². The topological polar surface area (TPSA) is 130 Å². The van der Waals surface area contributed by atoms with E-state index < -0.39 is 28.2 Å². The summed E-state index contributed by atoms with van der Waals surface area (Å²) in [6, 6.07) is 8.22. The lowest BCUT2D eigenvalue weighted by molar-refractivity contribution is -0.118. The molecule has 0 heterocycles. The molecule has 0 atom stereocenters. The largest absolute Gasteiger partial charge is 0.398 e. The van der Waals surface area contributed by atoms with Crippen LogP contribution >= 0.6 is 0 Å². The van der Waals surface area contributed by atoms with Gasteiger partial charge in [0.25, 0.3) is 0 Å². The number of amides is 1. The van der Waals surface area contributed by atoms with Crippen molar-refractivity contribution in [2.45, 2.75) is 6.54 Å². The molecule has 0 saturated carbocycles. The fraction of sp³-hybridized carbons (Fsp3) is 0.273. The number of benzene rings is 1. The zero-order valence-corrected chi connectivity index (χ0v) is 10.9. The summed E-state index contributed by atoms with van der Waals surface area (Å²) in [4.78, 5) is 10.9. The van der Waals surface area contributed by atoms with Crippen molar-refractivity contribution in [3.63, 3.8) is 0 Å². The molecule has 1 rings (SSSR count). The van der Waals surface area contributed by atoms with Gasteiger partial charge in [-0.05, 0) is 11.6 Å². The first-order valence-corrected chi connectivity index (χ1v) is 6.94. The predicted molar refractivity (Wildman–Crippen MR) is 69.9 cm³/mol. The number of rotatable bonds is 6. The van der Waals surface area contributed by atoms with Crippen LogP contribution in [0, 0.1) is 11.3 Å². The number of anilines is 1. The van der Waals surface area contributed by atoms with E-state index >= 15 is 0 Å². The molecular formula is C11H14N4O3S. The number of carbonyl (C=O) groups is 1. The molecular weight excluding hydrogens is 268 g/mol. The van der Waals surface area contributed by atoms with Crippen LogP contribution in [-0.2, 0) is 21.4 Å².